The largest absolute Gasteiger partial charge is 0.298 e. The molecule has 0 aliphatic carbocycles. The molecular weight excluding hydrogens is 220 g/mol. The number of hydrogen-bond acceptors (Lipinski definition) is 1. The second-order valence-electron chi connectivity index (χ2n) is 5.52. The lowest BCUT2D eigenvalue weighted by Gasteiger charge is -2.13. The minimum atomic E-state index is 0.428. The van der Waals surface area contributed by atoms with Crippen molar-refractivity contribution < 1.29 is 4.79 Å². The van der Waals surface area contributed by atoms with Crippen LogP contribution in [-0.2, 0) is 0 Å². The molecule has 1 heteroatoms. The standard InChI is InChI=1S/C17H20O/c1-11(2)14-5-6-16-15(9-14)7-13(10-18)8-17(16)12(3)4/h5-12H,1-4H3. The van der Waals surface area contributed by atoms with Crippen LogP contribution in [0.15, 0.2) is 30.3 Å². The van der Waals surface area contributed by atoms with Crippen LogP contribution >= 0.6 is 0 Å². The summed E-state index contributed by atoms with van der Waals surface area (Å²) in [6.45, 7) is 8.71. The fourth-order valence-electron chi connectivity index (χ4n) is 2.35. The first-order valence-corrected chi connectivity index (χ1v) is 6.55. The van der Waals surface area contributed by atoms with Gasteiger partial charge in [-0.3, -0.25) is 4.79 Å². The van der Waals surface area contributed by atoms with E-state index < -0.39 is 0 Å². The van der Waals surface area contributed by atoms with Crippen LogP contribution in [0.2, 0.25) is 0 Å². The van der Waals surface area contributed by atoms with E-state index in [-0.39, 0.29) is 0 Å². The summed E-state index contributed by atoms with van der Waals surface area (Å²) in [6.07, 6.45) is 0.938. The van der Waals surface area contributed by atoms with E-state index in [1.165, 1.54) is 21.9 Å². The van der Waals surface area contributed by atoms with E-state index in [2.05, 4.69) is 45.9 Å². The molecular formula is C17H20O. The third-order valence-corrected chi connectivity index (χ3v) is 3.46. The van der Waals surface area contributed by atoms with E-state index >= 15 is 0 Å². The Morgan fingerprint density at radius 3 is 2.22 bits per heavy atom. The Labute approximate surface area is 109 Å². The Kier molecular flexibility index (Phi) is 3.51. The highest BCUT2D eigenvalue weighted by Gasteiger charge is 2.09. The Bertz CT molecular complexity index is 579. The molecule has 0 unspecified atom stereocenters. The zero-order chi connectivity index (χ0) is 13.3. The average Bonchev–Trinajstić information content (AvgIpc) is 2.36. The number of fused-ring (bicyclic) bond motifs is 1. The smallest absolute Gasteiger partial charge is 0.150 e. The zero-order valence-corrected chi connectivity index (χ0v) is 11.5. The summed E-state index contributed by atoms with van der Waals surface area (Å²) in [6, 6.07) is 10.6. The second kappa shape index (κ2) is 4.93. The van der Waals surface area contributed by atoms with Crippen LogP contribution in [-0.4, -0.2) is 6.29 Å². The first-order chi connectivity index (χ1) is 8.52. The zero-order valence-electron chi connectivity index (χ0n) is 11.5. The Hall–Kier alpha value is -1.63. The van der Waals surface area contributed by atoms with Gasteiger partial charge in [0.1, 0.15) is 6.29 Å². The van der Waals surface area contributed by atoms with E-state index in [0.29, 0.717) is 11.8 Å². The normalized spacial score (nSPS) is 11.4. The predicted octanol–water partition coefficient (Wildman–Crippen LogP) is 4.90. The molecule has 0 saturated carbocycles. The molecule has 0 saturated heterocycles. The number of aldehydes is 1. The van der Waals surface area contributed by atoms with Gasteiger partial charge in [-0.05, 0) is 45.9 Å². The Morgan fingerprint density at radius 2 is 1.67 bits per heavy atom. The van der Waals surface area contributed by atoms with Gasteiger partial charge in [0.2, 0.25) is 0 Å². The third-order valence-electron chi connectivity index (χ3n) is 3.46. The number of benzene rings is 2. The maximum Gasteiger partial charge on any atom is 0.150 e. The highest BCUT2D eigenvalue weighted by molar-refractivity contribution is 5.92. The fourth-order valence-corrected chi connectivity index (χ4v) is 2.35. The topological polar surface area (TPSA) is 17.1 Å². The van der Waals surface area contributed by atoms with Crippen LogP contribution in [0.25, 0.3) is 10.8 Å². The van der Waals surface area contributed by atoms with Crippen LogP contribution in [0.3, 0.4) is 0 Å². The van der Waals surface area contributed by atoms with E-state index in [9.17, 15) is 4.79 Å². The van der Waals surface area contributed by atoms with Crippen LogP contribution in [0, 0.1) is 0 Å². The molecule has 2 aromatic carbocycles. The molecule has 0 amide bonds. The average molecular weight is 240 g/mol. The summed E-state index contributed by atoms with van der Waals surface area (Å²) in [4.78, 5) is 11.0. The SMILES string of the molecule is CC(C)c1ccc2c(C(C)C)cc(C=O)cc2c1. The summed E-state index contributed by atoms with van der Waals surface area (Å²) in [7, 11) is 0. The molecule has 18 heavy (non-hydrogen) atoms. The molecule has 0 aliphatic heterocycles. The van der Waals surface area contributed by atoms with E-state index in [4.69, 9.17) is 0 Å². The quantitative estimate of drug-likeness (QED) is 0.697. The van der Waals surface area contributed by atoms with Crippen molar-refractivity contribution in [2.24, 2.45) is 0 Å². The van der Waals surface area contributed by atoms with Crippen LogP contribution in [0.4, 0.5) is 0 Å². The minimum absolute atomic E-state index is 0.428. The molecule has 1 nitrogen and oxygen atoms in total. The van der Waals surface area contributed by atoms with Gasteiger partial charge < -0.3 is 0 Å². The molecule has 0 fully saturated rings. The molecule has 0 heterocycles. The number of rotatable bonds is 3. The van der Waals surface area contributed by atoms with Gasteiger partial charge in [0.05, 0.1) is 0 Å². The van der Waals surface area contributed by atoms with Gasteiger partial charge in [-0.25, -0.2) is 0 Å². The molecule has 0 atom stereocenters. The van der Waals surface area contributed by atoms with Crippen LogP contribution < -0.4 is 0 Å². The molecule has 0 bridgehead atoms. The van der Waals surface area contributed by atoms with Crippen molar-refractivity contribution in [1.82, 2.24) is 0 Å². The maximum absolute atomic E-state index is 11.0. The van der Waals surface area contributed by atoms with Gasteiger partial charge in [0.25, 0.3) is 0 Å². The summed E-state index contributed by atoms with van der Waals surface area (Å²) in [5.41, 5.74) is 3.34. The highest BCUT2D eigenvalue weighted by atomic mass is 16.1. The molecule has 0 N–H and O–H groups in total. The van der Waals surface area contributed by atoms with Gasteiger partial charge in [-0.2, -0.15) is 0 Å². The molecule has 0 aromatic heterocycles. The van der Waals surface area contributed by atoms with Gasteiger partial charge in [0, 0.05) is 5.56 Å². The second-order valence-corrected chi connectivity index (χ2v) is 5.52. The summed E-state index contributed by atoms with van der Waals surface area (Å²) in [5.74, 6) is 0.939. The van der Waals surface area contributed by atoms with Crippen molar-refractivity contribution in [2.75, 3.05) is 0 Å². The van der Waals surface area contributed by atoms with Crippen molar-refractivity contribution in [3.8, 4) is 0 Å². The van der Waals surface area contributed by atoms with E-state index in [0.717, 1.165) is 11.8 Å². The van der Waals surface area contributed by atoms with Crippen molar-refractivity contribution >= 4 is 17.1 Å². The highest BCUT2D eigenvalue weighted by Crippen LogP contribution is 2.29. The van der Waals surface area contributed by atoms with Gasteiger partial charge in [0.15, 0.2) is 0 Å². The summed E-state index contributed by atoms with van der Waals surface area (Å²) in [5, 5.41) is 2.44. The molecule has 94 valence electrons. The van der Waals surface area contributed by atoms with Gasteiger partial charge in [-0.1, -0.05) is 45.9 Å². The van der Waals surface area contributed by atoms with Gasteiger partial charge in [-0.15, -0.1) is 0 Å². The minimum Gasteiger partial charge on any atom is -0.298 e. The summed E-state index contributed by atoms with van der Waals surface area (Å²) < 4.78 is 0. The molecule has 2 rings (SSSR count). The first-order valence-electron chi connectivity index (χ1n) is 6.55. The van der Waals surface area contributed by atoms with Crippen molar-refractivity contribution in [3.63, 3.8) is 0 Å². The van der Waals surface area contributed by atoms with Gasteiger partial charge >= 0.3 is 0 Å². The first kappa shape index (κ1) is 12.8. The summed E-state index contributed by atoms with van der Waals surface area (Å²) >= 11 is 0. The number of carbonyl (C=O) groups excluding carboxylic acids is 1. The predicted molar refractivity (Wildman–Crippen MR) is 77.5 cm³/mol. The van der Waals surface area contributed by atoms with Crippen molar-refractivity contribution in [3.05, 3.63) is 47.0 Å². The van der Waals surface area contributed by atoms with Crippen molar-refractivity contribution in [2.45, 2.75) is 39.5 Å². The Morgan fingerprint density at radius 1 is 0.944 bits per heavy atom. The molecule has 0 aliphatic rings. The monoisotopic (exact) mass is 240 g/mol. The molecule has 2 aromatic rings. The number of carbonyl (C=O) groups is 1. The third kappa shape index (κ3) is 2.31. The number of hydrogen-bond donors (Lipinski definition) is 0. The van der Waals surface area contributed by atoms with Crippen LogP contribution in [0.5, 0.6) is 0 Å². The molecule has 0 radical (unpaired) electrons. The van der Waals surface area contributed by atoms with Crippen LogP contribution in [0.1, 0.15) is 61.0 Å². The van der Waals surface area contributed by atoms with E-state index in [1.807, 2.05) is 12.1 Å². The lowest BCUT2D eigenvalue weighted by molar-refractivity contribution is 0.112. The molecule has 0 spiro atoms. The fraction of sp³-hybridized carbons (Fsp3) is 0.353. The Balaban J connectivity index is 2.74. The lowest BCUT2D eigenvalue weighted by Crippen LogP contribution is -1.94. The van der Waals surface area contributed by atoms with E-state index in [1.54, 1.807) is 0 Å². The van der Waals surface area contributed by atoms with Crippen molar-refractivity contribution in [1.29, 1.82) is 0 Å². The lowest BCUT2D eigenvalue weighted by atomic mass is 9.91. The maximum atomic E-state index is 11.0.